The number of amides is 1. The first kappa shape index (κ1) is 14.7. The van der Waals surface area contributed by atoms with Gasteiger partial charge in [-0.3, -0.25) is 19.1 Å². The molecule has 2 rings (SSSR count). The molecule has 0 saturated carbocycles. The summed E-state index contributed by atoms with van der Waals surface area (Å²) in [5, 5.41) is 2.67. The van der Waals surface area contributed by atoms with Crippen molar-refractivity contribution in [3.8, 4) is 5.75 Å². The van der Waals surface area contributed by atoms with E-state index in [9.17, 15) is 9.59 Å². The topological polar surface area (TPSA) is 86.1 Å². The first-order chi connectivity index (χ1) is 10.1. The lowest BCUT2D eigenvalue weighted by Gasteiger charge is -2.08. The minimum Gasteiger partial charge on any atom is -0.482 e. The molecular formula is C14H16N4O3. The number of nitrogens with zero attached hydrogens (tertiary/aromatic N) is 3. The van der Waals surface area contributed by atoms with Crippen LogP contribution in [0, 0.1) is 6.92 Å². The van der Waals surface area contributed by atoms with Gasteiger partial charge in [0.15, 0.2) is 6.61 Å². The molecule has 1 N–H and O–H groups in total. The fourth-order valence-corrected chi connectivity index (χ4v) is 1.63. The summed E-state index contributed by atoms with van der Waals surface area (Å²) >= 11 is 0. The molecule has 0 aromatic carbocycles. The Hall–Kier alpha value is -2.70. The number of hydrogen-bond acceptors (Lipinski definition) is 5. The third-order valence-corrected chi connectivity index (χ3v) is 2.70. The van der Waals surface area contributed by atoms with Crippen LogP contribution in [0.4, 0.5) is 0 Å². The smallest absolute Gasteiger partial charge is 0.258 e. The molecule has 0 aliphatic rings. The van der Waals surface area contributed by atoms with Crippen molar-refractivity contribution in [2.75, 3.05) is 13.2 Å². The molecule has 0 unspecified atom stereocenters. The van der Waals surface area contributed by atoms with Crippen molar-refractivity contribution in [3.63, 3.8) is 0 Å². The van der Waals surface area contributed by atoms with Crippen LogP contribution in [0.1, 0.15) is 5.69 Å². The molecule has 2 aromatic heterocycles. The molecule has 0 fully saturated rings. The first-order valence-corrected chi connectivity index (χ1v) is 6.48. The number of rotatable bonds is 6. The van der Waals surface area contributed by atoms with Crippen LogP contribution >= 0.6 is 0 Å². The lowest BCUT2D eigenvalue weighted by molar-refractivity contribution is -0.123. The van der Waals surface area contributed by atoms with Crippen LogP contribution in [-0.2, 0) is 11.3 Å². The minimum atomic E-state index is -0.257. The standard InChI is InChI=1S/C14H16N4O3/c1-11-7-14(20)18(10-17-11)6-5-16-13(19)9-21-12-3-2-4-15-8-12/h2-4,7-8,10H,5-6,9H2,1H3,(H,16,19). The number of hydrogen-bond donors (Lipinski definition) is 1. The number of aryl methyl sites for hydroxylation is 1. The Morgan fingerprint density at radius 1 is 1.48 bits per heavy atom. The maximum Gasteiger partial charge on any atom is 0.258 e. The molecule has 2 aromatic rings. The fourth-order valence-electron chi connectivity index (χ4n) is 1.63. The first-order valence-electron chi connectivity index (χ1n) is 6.48. The molecule has 21 heavy (non-hydrogen) atoms. The average molecular weight is 288 g/mol. The maximum absolute atomic E-state index is 11.6. The van der Waals surface area contributed by atoms with E-state index in [0.29, 0.717) is 24.5 Å². The number of ether oxygens (including phenoxy) is 1. The van der Waals surface area contributed by atoms with Crippen molar-refractivity contribution in [3.05, 3.63) is 53.0 Å². The zero-order valence-corrected chi connectivity index (χ0v) is 11.7. The molecule has 1 amide bonds. The van der Waals surface area contributed by atoms with E-state index in [1.165, 1.54) is 23.2 Å². The Labute approximate surface area is 121 Å². The second-order valence-electron chi connectivity index (χ2n) is 4.39. The summed E-state index contributed by atoms with van der Waals surface area (Å²) in [6.45, 7) is 2.36. The highest BCUT2D eigenvalue weighted by Crippen LogP contribution is 2.05. The monoisotopic (exact) mass is 288 g/mol. The van der Waals surface area contributed by atoms with Gasteiger partial charge in [-0.15, -0.1) is 0 Å². The SMILES string of the molecule is Cc1cc(=O)n(CCNC(=O)COc2cccnc2)cn1. The number of aromatic nitrogens is 3. The van der Waals surface area contributed by atoms with Crippen molar-refractivity contribution >= 4 is 5.91 Å². The second-order valence-corrected chi connectivity index (χ2v) is 4.39. The van der Waals surface area contributed by atoms with Crippen LogP contribution in [0.15, 0.2) is 41.7 Å². The Morgan fingerprint density at radius 2 is 2.33 bits per heavy atom. The van der Waals surface area contributed by atoms with Crippen LogP contribution in [0.3, 0.4) is 0 Å². The van der Waals surface area contributed by atoms with Gasteiger partial charge < -0.3 is 10.1 Å². The third kappa shape index (κ3) is 4.72. The zero-order chi connectivity index (χ0) is 15.1. The van der Waals surface area contributed by atoms with E-state index in [1.807, 2.05) is 0 Å². The molecule has 7 nitrogen and oxygen atoms in total. The van der Waals surface area contributed by atoms with Crippen molar-refractivity contribution in [1.82, 2.24) is 19.9 Å². The molecule has 0 spiro atoms. The van der Waals surface area contributed by atoms with E-state index in [2.05, 4.69) is 15.3 Å². The van der Waals surface area contributed by atoms with Gasteiger partial charge in [-0.05, 0) is 19.1 Å². The highest BCUT2D eigenvalue weighted by molar-refractivity contribution is 5.77. The van der Waals surface area contributed by atoms with Gasteiger partial charge in [0.1, 0.15) is 5.75 Å². The van der Waals surface area contributed by atoms with Gasteiger partial charge in [0.2, 0.25) is 0 Å². The Bertz CT molecular complexity index is 655. The quantitative estimate of drug-likeness (QED) is 0.817. The molecule has 0 radical (unpaired) electrons. The molecule has 0 aliphatic heterocycles. The van der Waals surface area contributed by atoms with E-state index in [1.54, 1.807) is 25.3 Å². The van der Waals surface area contributed by atoms with Crippen LogP contribution in [0.2, 0.25) is 0 Å². The molecule has 0 atom stereocenters. The van der Waals surface area contributed by atoms with Crippen molar-refractivity contribution < 1.29 is 9.53 Å². The van der Waals surface area contributed by atoms with E-state index in [-0.39, 0.29) is 18.1 Å². The van der Waals surface area contributed by atoms with Gasteiger partial charge >= 0.3 is 0 Å². The molecule has 0 saturated heterocycles. The summed E-state index contributed by atoms with van der Waals surface area (Å²) in [6.07, 6.45) is 4.63. The number of nitrogens with one attached hydrogen (secondary N) is 1. The van der Waals surface area contributed by atoms with E-state index < -0.39 is 0 Å². The van der Waals surface area contributed by atoms with E-state index in [4.69, 9.17) is 4.74 Å². The van der Waals surface area contributed by atoms with Gasteiger partial charge in [0, 0.05) is 31.0 Å². The normalized spacial score (nSPS) is 10.1. The Morgan fingerprint density at radius 3 is 3.05 bits per heavy atom. The van der Waals surface area contributed by atoms with Crippen LogP contribution in [0.25, 0.3) is 0 Å². The summed E-state index contributed by atoms with van der Waals surface area (Å²) < 4.78 is 6.69. The third-order valence-electron chi connectivity index (χ3n) is 2.70. The number of pyridine rings is 1. The highest BCUT2D eigenvalue weighted by atomic mass is 16.5. The van der Waals surface area contributed by atoms with Crippen LogP contribution < -0.4 is 15.6 Å². The minimum absolute atomic E-state index is 0.0905. The van der Waals surface area contributed by atoms with Crippen molar-refractivity contribution in [1.29, 1.82) is 0 Å². The largest absolute Gasteiger partial charge is 0.482 e. The van der Waals surface area contributed by atoms with E-state index >= 15 is 0 Å². The molecule has 2 heterocycles. The van der Waals surface area contributed by atoms with Gasteiger partial charge in [-0.1, -0.05) is 0 Å². The second kappa shape index (κ2) is 7.18. The van der Waals surface area contributed by atoms with Crippen molar-refractivity contribution in [2.45, 2.75) is 13.5 Å². The molecule has 110 valence electrons. The predicted octanol–water partition coefficient (Wildman–Crippen LogP) is 0.142. The molecule has 7 heteroatoms. The maximum atomic E-state index is 11.6. The Kier molecular flexibility index (Phi) is 5.03. The van der Waals surface area contributed by atoms with Gasteiger partial charge in [-0.2, -0.15) is 0 Å². The lowest BCUT2D eigenvalue weighted by Crippen LogP contribution is -2.33. The lowest BCUT2D eigenvalue weighted by atomic mass is 10.4. The Balaban J connectivity index is 1.73. The molecule has 0 aliphatic carbocycles. The average Bonchev–Trinajstić information content (AvgIpc) is 2.48. The summed E-state index contributed by atoms with van der Waals surface area (Å²) in [4.78, 5) is 31.1. The summed E-state index contributed by atoms with van der Waals surface area (Å²) in [7, 11) is 0. The molecular weight excluding hydrogens is 272 g/mol. The summed E-state index contributed by atoms with van der Waals surface area (Å²) in [6, 6.07) is 4.90. The fraction of sp³-hybridized carbons (Fsp3) is 0.286. The summed E-state index contributed by atoms with van der Waals surface area (Å²) in [5.41, 5.74) is 0.536. The van der Waals surface area contributed by atoms with Crippen LogP contribution in [0.5, 0.6) is 5.75 Å². The van der Waals surface area contributed by atoms with Crippen LogP contribution in [-0.4, -0.2) is 33.6 Å². The van der Waals surface area contributed by atoms with E-state index in [0.717, 1.165) is 0 Å². The highest BCUT2D eigenvalue weighted by Gasteiger charge is 2.03. The number of carbonyl (C=O) groups excluding carboxylic acids is 1. The van der Waals surface area contributed by atoms with Gasteiger partial charge in [0.25, 0.3) is 11.5 Å². The number of carbonyl (C=O) groups is 1. The zero-order valence-electron chi connectivity index (χ0n) is 11.7. The summed E-state index contributed by atoms with van der Waals surface area (Å²) in [5.74, 6) is 0.276. The van der Waals surface area contributed by atoms with Gasteiger partial charge in [-0.25, -0.2) is 4.98 Å². The predicted molar refractivity (Wildman–Crippen MR) is 76.0 cm³/mol. The van der Waals surface area contributed by atoms with Gasteiger partial charge in [0.05, 0.1) is 12.5 Å². The van der Waals surface area contributed by atoms with Crippen molar-refractivity contribution in [2.24, 2.45) is 0 Å². The molecule has 0 bridgehead atoms.